The van der Waals surface area contributed by atoms with Gasteiger partial charge in [-0.25, -0.2) is 4.98 Å². The molecule has 0 amide bonds. The van der Waals surface area contributed by atoms with Gasteiger partial charge in [0.15, 0.2) is 0 Å². The van der Waals surface area contributed by atoms with Crippen LogP contribution >= 0.6 is 9.03 Å². The topological polar surface area (TPSA) is 86.6 Å². The first-order chi connectivity index (χ1) is 5.72. The molecule has 0 aliphatic rings. The van der Waals surface area contributed by atoms with Gasteiger partial charge in [0.05, 0.1) is 0 Å². The molecule has 0 aliphatic carbocycles. The maximum absolute atomic E-state index is 7.15. The zero-order valence-electron chi connectivity index (χ0n) is 9.55. The molecular weight excluding hydrogens is 248 g/mol. The second kappa shape index (κ2) is 21.8. The number of hydrogen-bond acceptors (Lipinski definition) is 5. The van der Waals surface area contributed by atoms with Crippen molar-refractivity contribution in [3.63, 3.8) is 0 Å². The van der Waals surface area contributed by atoms with E-state index < -0.39 is 9.03 Å². The van der Waals surface area contributed by atoms with Gasteiger partial charge in [-0.3, -0.25) is 0 Å². The number of pyridine rings is 1. The Balaban J connectivity index is -0.0000000528. The minimum absolute atomic E-state index is 0. The summed E-state index contributed by atoms with van der Waals surface area (Å²) in [4.78, 5) is 20.4. The minimum atomic E-state index is -0.917. The van der Waals surface area contributed by atoms with Gasteiger partial charge in [-0.15, -0.1) is 0 Å². The van der Waals surface area contributed by atoms with Crippen LogP contribution in [-0.2, 0) is 0 Å². The largest absolute Gasteiger partial charge is 1.00 e. The molecule has 0 atom stereocenters. The van der Waals surface area contributed by atoms with Gasteiger partial charge in [0, 0.05) is 20.3 Å². The normalized spacial score (nSPS) is 6.25. The van der Waals surface area contributed by atoms with Crippen molar-refractivity contribution in [1.29, 1.82) is 0 Å². The number of aromatic nitrogens is 1. The van der Waals surface area contributed by atoms with Crippen molar-refractivity contribution < 1.29 is 85.5 Å². The third kappa shape index (κ3) is 17.9. The molecule has 0 saturated carbocycles. The van der Waals surface area contributed by atoms with Gasteiger partial charge in [0.2, 0.25) is 0 Å². The predicted octanol–water partition coefficient (Wildman–Crippen LogP) is -6.99. The third-order valence-electron chi connectivity index (χ3n) is 1.11. The molecule has 0 saturated heterocycles. The third-order valence-corrected chi connectivity index (χ3v) is 1.11. The fraction of sp³-hybridized carbons (Fsp3) is 0.286. The van der Waals surface area contributed by atoms with E-state index in [-0.39, 0.29) is 84.1 Å². The van der Waals surface area contributed by atoms with Gasteiger partial charge in [0.1, 0.15) is 14.9 Å². The summed E-state index contributed by atoms with van der Waals surface area (Å²) in [5.41, 5.74) is 0. The maximum Gasteiger partial charge on any atom is 1.00 e. The molecule has 5 nitrogen and oxygen atoms in total. The van der Waals surface area contributed by atoms with Gasteiger partial charge >= 0.3 is 70.2 Å². The zero-order valence-corrected chi connectivity index (χ0v) is 13.7. The molecule has 1 rings (SSSR count). The van der Waals surface area contributed by atoms with Crippen LogP contribution < -0.4 is 75.1 Å². The Morgan fingerprint density at radius 3 is 1.88 bits per heavy atom. The molecule has 0 unspecified atom stereocenters. The van der Waals surface area contributed by atoms with Crippen LogP contribution in [0.2, 0.25) is 0 Å². The monoisotopic (exact) mass is 266 g/mol. The van der Waals surface area contributed by atoms with Crippen molar-refractivity contribution in [3.8, 4) is 0 Å². The van der Waals surface area contributed by atoms with Crippen molar-refractivity contribution in [3.05, 3.63) is 24.4 Å². The summed E-state index contributed by atoms with van der Waals surface area (Å²) in [6.07, 6.45) is 1.79. The Kier molecular flexibility index (Phi) is 41.6. The van der Waals surface area contributed by atoms with Gasteiger partial charge in [-0.1, -0.05) is 14.5 Å². The SMILES string of the molecule is CN(C)c1ccccn1.OPO.[BH4-].[K+].[Li+].[OH-]. The van der Waals surface area contributed by atoms with Gasteiger partial charge in [-0.05, 0) is 12.1 Å². The van der Waals surface area contributed by atoms with Crippen molar-refractivity contribution in [2.75, 3.05) is 19.0 Å². The molecule has 0 fully saturated rings. The van der Waals surface area contributed by atoms with E-state index in [1.54, 1.807) is 6.20 Å². The van der Waals surface area contributed by atoms with Crippen LogP contribution in [0.15, 0.2) is 24.4 Å². The summed E-state index contributed by atoms with van der Waals surface area (Å²) in [5.74, 6) is 0.998. The van der Waals surface area contributed by atoms with Crippen LogP contribution in [0.5, 0.6) is 0 Å². The van der Waals surface area contributed by atoms with Crippen LogP contribution in [-0.4, -0.2) is 42.8 Å². The van der Waals surface area contributed by atoms with Crippen LogP contribution in [0.3, 0.4) is 0 Å². The van der Waals surface area contributed by atoms with Gasteiger partial charge in [-0.2, -0.15) is 0 Å². The second-order valence-corrected chi connectivity index (χ2v) is 2.38. The number of nitrogens with zero attached hydrogens (tertiary/aromatic N) is 2. The fourth-order valence-corrected chi connectivity index (χ4v) is 0.618. The molecule has 16 heavy (non-hydrogen) atoms. The number of hydrogen-bond donors (Lipinski definition) is 2. The van der Waals surface area contributed by atoms with E-state index in [1.165, 1.54) is 0 Å². The average Bonchev–Trinajstić information content (AvgIpc) is 2.07. The first-order valence-electron chi connectivity index (χ1n) is 3.34. The van der Waals surface area contributed by atoms with E-state index in [1.807, 2.05) is 37.2 Å². The van der Waals surface area contributed by atoms with E-state index in [4.69, 9.17) is 9.79 Å². The van der Waals surface area contributed by atoms with E-state index in [9.17, 15) is 0 Å². The Hall–Kier alpha value is 1.56. The van der Waals surface area contributed by atoms with Gasteiger partial charge in [0.25, 0.3) is 0 Å². The number of rotatable bonds is 1. The van der Waals surface area contributed by atoms with Crippen LogP contribution in [0.25, 0.3) is 0 Å². The predicted molar refractivity (Wildman–Crippen MR) is 64.6 cm³/mol. The van der Waals surface area contributed by atoms with Gasteiger partial charge < -0.3 is 20.2 Å². The Labute approximate surface area is 155 Å². The molecule has 1 aromatic heterocycles. The Bertz CT molecular complexity index is 212. The molecule has 84 valence electrons. The molecule has 1 aromatic rings. The maximum atomic E-state index is 7.15. The van der Waals surface area contributed by atoms with Crippen LogP contribution in [0.1, 0.15) is 0 Å². The van der Waals surface area contributed by atoms with E-state index >= 15 is 0 Å². The average molecular weight is 266 g/mol. The smallest absolute Gasteiger partial charge is 0.870 e. The molecule has 0 spiro atoms. The standard InChI is InChI=1S/C7H10N2.BH4.K.Li.H3O2P.H2O/c1-9(2)7-5-3-4-6-8-7;;;;1-3-2;/h3-6H,1-2H3;1H4;;;1-3H;1H2/q;-1;2*+1;;/p-1. The molecular formula is C7H18BKLiN2O3P. The summed E-state index contributed by atoms with van der Waals surface area (Å²) in [5, 5.41) is 0. The van der Waals surface area contributed by atoms with E-state index in [2.05, 4.69) is 4.98 Å². The van der Waals surface area contributed by atoms with E-state index in [0.717, 1.165) is 5.82 Å². The first kappa shape index (κ1) is 30.5. The Morgan fingerprint density at radius 1 is 1.25 bits per heavy atom. The molecule has 1 heterocycles. The van der Waals surface area contributed by atoms with Crippen molar-refractivity contribution in [2.24, 2.45) is 0 Å². The molecule has 0 bridgehead atoms. The summed E-state index contributed by atoms with van der Waals surface area (Å²) in [7, 11) is 3.03. The van der Waals surface area contributed by atoms with Crippen molar-refractivity contribution in [2.45, 2.75) is 0 Å². The molecule has 9 heteroatoms. The molecule has 0 aromatic carbocycles. The molecule has 3 N–H and O–H groups in total. The summed E-state index contributed by atoms with van der Waals surface area (Å²) >= 11 is 0. The van der Waals surface area contributed by atoms with Crippen molar-refractivity contribution >= 4 is 23.3 Å². The summed E-state index contributed by atoms with van der Waals surface area (Å²) < 4.78 is 0. The molecule has 0 radical (unpaired) electrons. The molecule has 0 aliphatic heterocycles. The fourth-order valence-electron chi connectivity index (χ4n) is 0.618. The zero-order chi connectivity index (χ0) is 9.40. The Morgan fingerprint density at radius 2 is 1.69 bits per heavy atom. The second-order valence-electron chi connectivity index (χ2n) is 2.18. The summed E-state index contributed by atoms with van der Waals surface area (Å²) in [6, 6.07) is 5.86. The quantitative estimate of drug-likeness (QED) is 0.389. The first-order valence-corrected chi connectivity index (χ1v) is 4.23. The van der Waals surface area contributed by atoms with Crippen LogP contribution in [0.4, 0.5) is 5.82 Å². The number of anilines is 1. The van der Waals surface area contributed by atoms with Crippen molar-refractivity contribution in [1.82, 2.24) is 4.98 Å². The van der Waals surface area contributed by atoms with Crippen LogP contribution in [0, 0.1) is 0 Å². The van der Waals surface area contributed by atoms with E-state index in [0.29, 0.717) is 0 Å². The minimum Gasteiger partial charge on any atom is -0.870 e. The summed E-state index contributed by atoms with van der Waals surface area (Å²) in [6.45, 7) is 0.